The van der Waals surface area contributed by atoms with Gasteiger partial charge in [-0.05, 0) is 36.4 Å². The molecule has 0 radical (unpaired) electrons. The maximum absolute atomic E-state index is 5.92. The average Bonchev–Trinajstić information content (AvgIpc) is 2.49. The van der Waals surface area contributed by atoms with Crippen LogP contribution in [0.4, 0.5) is 11.4 Å². The SMILES string of the molecule is CCCc1ccccc1Nc1cccc(SC)c1C(N)=S. The number of thioether (sulfide) groups is 1. The van der Waals surface area contributed by atoms with Gasteiger partial charge in [-0.15, -0.1) is 11.8 Å². The van der Waals surface area contributed by atoms with E-state index in [4.69, 9.17) is 18.0 Å². The van der Waals surface area contributed by atoms with Crippen molar-refractivity contribution in [3.8, 4) is 0 Å². The van der Waals surface area contributed by atoms with Crippen LogP contribution in [-0.2, 0) is 6.42 Å². The molecule has 0 bridgehead atoms. The van der Waals surface area contributed by atoms with Crippen molar-refractivity contribution in [2.24, 2.45) is 5.73 Å². The summed E-state index contributed by atoms with van der Waals surface area (Å²) in [7, 11) is 0. The Labute approximate surface area is 136 Å². The van der Waals surface area contributed by atoms with E-state index in [0.29, 0.717) is 4.99 Å². The molecule has 0 fully saturated rings. The molecule has 0 atom stereocenters. The van der Waals surface area contributed by atoms with Gasteiger partial charge in [-0.2, -0.15) is 0 Å². The highest BCUT2D eigenvalue weighted by atomic mass is 32.2. The molecule has 21 heavy (non-hydrogen) atoms. The summed E-state index contributed by atoms with van der Waals surface area (Å²) in [4.78, 5) is 1.52. The summed E-state index contributed by atoms with van der Waals surface area (Å²) in [6.45, 7) is 2.19. The van der Waals surface area contributed by atoms with Crippen molar-refractivity contribution in [2.75, 3.05) is 11.6 Å². The molecule has 0 saturated heterocycles. The number of hydrogen-bond acceptors (Lipinski definition) is 3. The van der Waals surface area contributed by atoms with Crippen LogP contribution in [0.1, 0.15) is 24.5 Å². The highest BCUT2D eigenvalue weighted by molar-refractivity contribution is 7.98. The molecular formula is C17H20N2S2. The number of nitrogens with one attached hydrogen (secondary N) is 1. The average molecular weight is 316 g/mol. The molecule has 2 nitrogen and oxygen atoms in total. The molecule has 0 aromatic heterocycles. The first kappa shape index (κ1) is 15.9. The molecule has 2 rings (SSSR count). The van der Waals surface area contributed by atoms with Gasteiger partial charge in [0.25, 0.3) is 0 Å². The number of hydrogen-bond donors (Lipinski definition) is 2. The van der Waals surface area contributed by atoms with Crippen molar-refractivity contribution in [1.29, 1.82) is 0 Å². The van der Waals surface area contributed by atoms with Crippen LogP contribution in [0.15, 0.2) is 47.4 Å². The number of nitrogens with two attached hydrogens (primary N) is 1. The molecule has 0 saturated carbocycles. The van der Waals surface area contributed by atoms with Crippen LogP contribution in [0, 0.1) is 0 Å². The summed E-state index contributed by atoms with van der Waals surface area (Å²) < 4.78 is 0. The van der Waals surface area contributed by atoms with Gasteiger partial charge < -0.3 is 11.1 Å². The smallest absolute Gasteiger partial charge is 0.107 e. The first-order chi connectivity index (χ1) is 10.2. The number of benzene rings is 2. The zero-order valence-electron chi connectivity index (χ0n) is 12.3. The van der Waals surface area contributed by atoms with Gasteiger partial charge in [0.15, 0.2) is 0 Å². The van der Waals surface area contributed by atoms with Gasteiger partial charge in [0.2, 0.25) is 0 Å². The third-order valence-electron chi connectivity index (χ3n) is 3.30. The molecule has 0 aliphatic heterocycles. The summed E-state index contributed by atoms with van der Waals surface area (Å²) in [6, 6.07) is 14.5. The largest absolute Gasteiger partial charge is 0.389 e. The molecule has 110 valence electrons. The predicted octanol–water partition coefficient (Wildman–Crippen LogP) is 4.74. The molecule has 0 unspecified atom stereocenters. The molecule has 0 aliphatic carbocycles. The minimum absolute atomic E-state index is 0.426. The minimum Gasteiger partial charge on any atom is -0.389 e. The van der Waals surface area contributed by atoms with E-state index in [2.05, 4.69) is 30.4 Å². The summed E-state index contributed by atoms with van der Waals surface area (Å²) in [5.74, 6) is 0. The third-order valence-corrected chi connectivity index (χ3v) is 4.28. The van der Waals surface area contributed by atoms with Crippen molar-refractivity contribution in [3.05, 3.63) is 53.6 Å². The molecule has 2 aromatic rings. The van der Waals surface area contributed by atoms with Crippen LogP contribution in [0.2, 0.25) is 0 Å². The fourth-order valence-electron chi connectivity index (χ4n) is 2.33. The summed E-state index contributed by atoms with van der Waals surface area (Å²) in [5.41, 5.74) is 10.2. The Kier molecular flexibility index (Phi) is 5.65. The lowest BCUT2D eigenvalue weighted by Gasteiger charge is -2.16. The van der Waals surface area contributed by atoms with E-state index in [9.17, 15) is 0 Å². The van der Waals surface area contributed by atoms with E-state index >= 15 is 0 Å². The first-order valence-electron chi connectivity index (χ1n) is 6.99. The molecule has 0 heterocycles. The fourth-order valence-corrected chi connectivity index (χ4v) is 3.26. The van der Waals surface area contributed by atoms with E-state index in [1.807, 2.05) is 30.5 Å². The van der Waals surface area contributed by atoms with E-state index in [1.54, 1.807) is 11.8 Å². The quantitative estimate of drug-likeness (QED) is 0.596. The lowest BCUT2D eigenvalue weighted by molar-refractivity contribution is 0.923. The lowest BCUT2D eigenvalue weighted by Crippen LogP contribution is -2.13. The minimum atomic E-state index is 0.426. The standard InChI is InChI=1S/C17H20N2S2/c1-3-7-12-8-4-5-9-13(12)19-14-10-6-11-15(21-2)16(14)17(18)20/h4-6,8-11,19H,3,7H2,1-2H3,(H2,18,20). The zero-order valence-corrected chi connectivity index (χ0v) is 14.0. The Morgan fingerprint density at radius 2 is 1.86 bits per heavy atom. The Hall–Kier alpha value is -1.52. The molecule has 3 N–H and O–H groups in total. The highest BCUT2D eigenvalue weighted by Crippen LogP contribution is 2.30. The Morgan fingerprint density at radius 3 is 2.52 bits per heavy atom. The Bertz CT molecular complexity index is 638. The van der Waals surface area contributed by atoms with Crippen molar-refractivity contribution < 1.29 is 0 Å². The Balaban J connectivity index is 2.42. The second-order valence-electron chi connectivity index (χ2n) is 4.78. The van der Waals surface area contributed by atoms with Gasteiger partial charge in [-0.1, -0.05) is 49.8 Å². The molecule has 0 amide bonds. The van der Waals surface area contributed by atoms with Gasteiger partial charge >= 0.3 is 0 Å². The second-order valence-corrected chi connectivity index (χ2v) is 6.07. The summed E-state index contributed by atoms with van der Waals surface area (Å²) in [6.07, 6.45) is 4.20. The molecule has 2 aromatic carbocycles. The topological polar surface area (TPSA) is 38.0 Å². The van der Waals surface area contributed by atoms with Gasteiger partial charge in [0.1, 0.15) is 4.99 Å². The zero-order chi connectivity index (χ0) is 15.2. The number of thiocarbonyl (C=S) groups is 1. The van der Waals surface area contributed by atoms with E-state index < -0.39 is 0 Å². The molecule has 0 spiro atoms. The van der Waals surface area contributed by atoms with Crippen LogP contribution in [0.3, 0.4) is 0 Å². The number of aryl methyl sites for hydroxylation is 1. The molecular weight excluding hydrogens is 296 g/mol. The number of para-hydroxylation sites is 1. The van der Waals surface area contributed by atoms with Crippen LogP contribution in [0.5, 0.6) is 0 Å². The maximum atomic E-state index is 5.92. The number of rotatable bonds is 6. The second kappa shape index (κ2) is 7.48. The van der Waals surface area contributed by atoms with Gasteiger partial charge in [0, 0.05) is 21.8 Å². The van der Waals surface area contributed by atoms with Crippen molar-refractivity contribution in [1.82, 2.24) is 0 Å². The van der Waals surface area contributed by atoms with Crippen molar-refractivity contribution >= 4 is 40.3 Å². The highest BCUT2D eigenvalue weighted by Gasteiger charge is 2.11. The van der Waals surface area contributed by atoms with E-state index in [0.717, 1.165) is 34.7 Å². The maximum Gasteiger partial charge on any atom is 0.107 e. The first-order valence-corrected chi connectivity index (χ1v) is 8.62. The van der Waals surface area contributed by atoms with Crippen LogP contribution in [0.25, 0.3) is 0 Å². The monoisotopic (exact) mass is 316 g/mol. The van der Waals surface area contributed by atoms with Gasteiger partial charge in [-0.25, -0.2) is 0 Å². The van der Waals surface area contributed by atoms with Gasteiger partial charge in [0.05, 0.1) is 0 Å². The van der Waals surface area contributed by atoms with Crippen molar-refractivity contribution in [2.45, 2.75) is 24.7 Å². The fraction of sp³-hybridized carbons (Fsp3) is 0.235. The third kappa shape index (κ3) is 3.77. The summed E-state index contributed by atoms with van der Waals surface area (Å²) in [5, 5.41) is 3.50. The molecule has 4 heteroatoms. The van der Waals surface area contributed by atoms with Crippen LogP contribution >= 0.6 is 24.0 Å². The van der Waals surface area contributed by atoms with Crippen LogP contribution in [-0.4, -0.2) is 11.2 Å². The lowest BCUT2D eigenvalue weighted by atomic mass is 10.1. The number of anilines is 2. The van der Waals surface area contributed by atoms with Crippen molar-refractivity contribution in [3.63, 3.8) is 0 Å². The van der Waals surface area contributed by atoms with E-state index in [1.165, 1.54) is 5.56 Å². The molecule has 0 aliphatic rings. The van der Waals surface area contributed by atoms with Crippen LogP contribution < -0.4 is 11.1 Å². The summed E-state index contributed by atoms with van der Waals surface area (Å²) >= 11 is 6.88. The van der Waals surface area contributed by atoms with Gasteiger partial charge in [-0.3, -0.25) is 0 Å². The van der Waals surface area contributed by atoms with E-state index in [-0.39, 0.29) is 0 Å². The Morgan fingerprint density at radius 1 is 1.14 bits per heavy atom. The normalized spacial score (nSPS) is 10.4. The predicted molar refractivity (Wildman–Crippen MR) is 97.8 cm³/mol.